The first-order valence-corrected chi connectivity index (χ1v) is 10.9. The second-order valence-electron chi connectivity index (χ2n) is 7.38. The molecule has 35 heavy (non-hydrogen) atoms. The van der Waals surface area contributed by atoms with Crippen LogP contribution >= 0.6 is 0 Å². The van der Waals surface area contributed by atoms with Crippen LogP contribution in [0, 0.1) is 0 Å². The summed E-state index contributed by atoms with van der Waals surface area (Å²) in [6, 6.07) is 33.3. The van der Waals surface area contributed by atoms with Crippen molar-refractivity contribution in [3.8, 4) is 23.0 Å². The molecule has 0 aromatic heterocycles. The summed E-state index contributed by atoms with van der Waals surface area (Å²) in [7, 11) is 0. The predicted molar refractivity (Wildman–Crippen MR) is 135 cm³/mol. The lowest BCUT2D eigenvalue weighted by molar-refractivity contribution is -0.152. The minimum Gasteiger partial charge on any atom is -0.457 e. The van der Waals surface area contributed by atoms with Crippen LogP contribution in [0.2, 0.25) is 0 Å². The second kappa shape index (κ2) is 11.8. The van der Waals surface area contributed by atoms with Crippen molar-refractivity contribution in [2.75, 3.05) is 0 Å². The highest BCUT2D eigenvalue weighted by molar-refractivity contribution is 5.99. The molecule has 0 aliphatic carbocycles. The molecule has 5 heteroatoms. The molecular formula is C30H22O5. The van der Waals surface area contributed by atoms with Gasteiger partial charge in [0.1, 0.15) is 23.0 Å². The molecule has 0 saturated carbocycles. The summed E-state index contributed by atoms with van der Waals surface area (Å²) in [4.78, 5) is 23.9. The van der Waals surface area contributed by atoms with Gasteiger partial charge in [-0.2, -0.15) is 0 Å². The van der Waals surface area contributed by atoms with Crippen molar-refractivity contribution in [1.82, 2.24) is 0 Å². The molecule has 0 saturated heterocycles. The SMILES string of the molecule is O=C(C=Cc1ccc(Oc2ccccc2)cc1)OC(=O)C=Cc1ccc(Oc2ccccc2)cc1. The van der Waals surface area contributed by atoms with E-state index in [1.807, 2.05) is 60.7 Å². The minimum absolute atomic E-state index is 0.677. The lowest BCUT2D eigenvalue weighted by Gasteiger charge is -2.05. The first kappa shape index (κ1) is 23.3. The Morgan fingerprint density at radius 1 is 0.457 bits per heavy atom. The van der Waals surface area contributed by atoms with Crippen molar-refractivity contribution >= 4 is 24.1 Å². The lowest BCUT2D eigenvalue weighted by atomic mass is 10.2. The van der Waals surface area contributed by atoms with Crippen LogP contribution in [0.15, 0.2) is 121 Å². The third-order valence-corrected chi connectivity index (χ3v) is 4.74. The van der Waals surface area contributed by atoms with E-state index in [4.69, 9.17) is 14.2 Å². The van der Waals surface area contributed by atoms with E-state index >= 15 is 0 Å². The van der Waals surface area contributed by atoms with Crippen molar-refractivity contribution in [1.29, 1.82) is 0 Å². The van der Waals surface area contributed by atoms with Crippen LogP contribution in [-0.2, 0) is 14.3 Å². The van der Waals surface area contributed by atoms with Crippen LogP contribution in [0.25, 0.3) is 12.2 Å². The van der Waals surface area contributed by atoms with Crippen LogP contribution in [0.4, 0.5) is 0 Å². The van der Waals surface area contributed by atoms with E-state index in [1.165, 1.54) is 12.2 Å². The molecule has 0 amide bonds. The maximum absolute atomic E-state index is 12.0. The topological polar surface area (TPSA) is 61.8 Å². The van der Waals surface area contributed by atoms with Gasteiger partial charge in [-0.3, -0.25) is 0 Å². The molecule has 0 bridgehead atoms. The average Bonchev–Trinajstić information content (AvgIpc) is 2.89. The molecule has 0 atom stereocenters. The molecular weight excluding hydrogens is 440 g/mol. The number of carbonyl (C=O) groups excluding carboxylic acids is 2. The zero-order valence-electron chi connectivity index (χ0n) is 18.7. The summed E-state index contributed by atoms with van der Waals surface area (Å²) in [5, 5.41) is 0. The molecule has 0 spiro atoms. The Kier molecular flexibility index (Phi) is 7.85. The monoisotopic (exact) mass is 462 g/mol. The fourth-order valence-electron chi connectivity index (χ4n) is 3.04. The maximum Gasteiger partial charge on any atom is 0.338 e. The maximum atomic E-state index is 12.0. The number of ether oxygens (including phenoxy) is 3. The smallest absolute Gasteiger partial charge is 0.338 e. The normalized spacial score (nSPS) is 10.9. The Morgan fingerprint density at radius 3 is 1.17 bits per heavy atom. The van der Waals surface area contributed by atoms with Crippen molar-refractivity contribution in [2.45, 2.75) is 0 Å². The van der Waals surface area contributed by atoms with Crippen molar-refractivity contribution in [2.24, 2.45) is 0 Å². The average molecular weight is 463 g/mol. The highest BCUT2D eigenvalue weighted by Gasteiger charge is 2.04. The van der Waals surface area contributed by atoms with Crippen molar-refractivity contribution < 1.29 is 23.8 Å². The summed E-state index contributed by atoms with van der Waals surface area (Å²) in [6.45, 7) is 0. The van der Waals surface area contributed by atoms with E-state index in [0.29, 0.717) is 11.5 Å². The van der Waals surface area contributed by atoms with E-state index in [1.54, 1.807) is 60.7 Å². The molecule has 0 heterocycles. The van der Waals surface area contributed by atoms with Gasteiger partial charge in [-0.1, -0.05) is 60.7 Å². The molecule has 0 aliphatic heterocycles. The highest BCUT2D eigenvalue weighted by Crippen LogP contribution is 2.22. The Bertz CT molecular complexity index is 1200. The van der Waals surface area contributed by atoms with E-state index in [0.717, 1.165) is 22.6 Å². The molecule has 0 N–H and O–H groups in total. The summed E-state index contributed by atoms with van der Waals surface area (Å²) >= 11 is 0. The molecule has 0 fully saturated rings. The molecule has 4 aromatic carbocycles. The Labute approximate surface area is 203 Å². The Hall–Kier alpha value is -4.90. The standard InChI is InChI=1S/C30H22O5/c31-29(21-15-23-11-17-27(18-12-23)33-25-7-3-1-4-8-25)35-30(32)22-16-24-13-19-28(20-14-24)34-26-9-5-2-6-10-26/h1-22H. The van der Waals surface area contributed by atoms with Gasteiger partial charge in [0, 0.05) is 12.2 Å². The molecule has 4 aromatic rings. The molecule has 4 rings (SSSR count). The van der Waals surface area contributed by atoms with Gasteiger partial charge < -0.3 is 14.2 Å². The van der Waals surface area contributed by atoms with Gasteiger partial charge in [0.25, 0.3) is 0 Å². The summed E-state index contributed by atoms with van der Waals surface area (Å²) in [5.41, 5.74) is 1.53. The fourth-order valence-corrected chi connectivity index (χ4v) is 3.04. The van der Waals surface area contributed by atoms with Gasteiger partial charge in [0.2, 0.25) is 0 Å². The minimum atomic E-state index is -0.754. The van der Waals surface area contributed by atoms with Crippen LogP contribution < -0.4 is 9.47 Å². The van der Waals surface area contributed by atoms with Crippen LogP contribution in [0.5, 0.6) is 23.0 Å². The van der Waals surface area contributed by atoms with E-state index in [-0.39, 0.29) is 0 Å². The van der Waals surface area contributed by atoms with Gasteiger partial charge in [-0.15, -0.1) is 0 Å². The van der Waals surface area contributed by atoms with Gasteiger partial charge in [0.15, 0.2) is 0 Å². The number of para-hydroxylation sites is 2. The zero-order chi connectivity index (χ0) is 24.3. The first-order valence-electron chi connectivity index (χ1n) is 10.9. The van der Waals surface area contributed by atoms with Gasteiger partial charge in [-0.05, 0) is 71.8 Å². The largest absolute Gasteiger partial charge is 0.457 e. The summed E-state index contributed by atoms with van der Waals surface area (Å²) < 4.78 is 16.3. The lowest BCUT2D eigenvalue weighted by Crippen LogP contribution is -2.06. The van der Waals surface area contributed by atoms with Crippen molar-refractivity contribution in [3.05, 3.63) is 132 Å². The predicted octanol–water partition coefficient (Wildman–Crippen LogP) is 7.07. The zero-order valence-corrected chi connectivity index (χ0v) is 18.7. The summed E-state index contributed by atoms with van der Waals surface area (Å²) in [6.07, 6.45) is 5.54. The highest BCUT2D eigenvalue weighted by atomic mass is 16.6. The number of hydrogen-bond donors (Lipinski definition) is 0. The van der Waals surface area contributed by atoms with Crippen LogP contribution in [0.1, 0.15) is 11.1 Å². The first-order chi connectivity index (χ1) is 17.1. The van der Waals surface area contributed by atoms with E-state index < -0.39 is 11.9 Å². The summed E-state index contributed by atoms with van der Waals surface area (Å²) in [5.74, 6) is 1.32. The van der Waals surface area contributed by atoms with Gasteiger partial charge >= 0.3 is 11.9 Å². The number of carbonyl (C=O) groups is 2. The van der Waals surface area contributed by atoms with Crippen molar-refractivity contribution in [3.63, 3.8) is 0 Å². The molecule has 5 nitrogen and oxygen atoms in total. The third kappa shape index (κ3) is 7.58. The number of esters is 2. The van der Waals surface area contributed by atoms with Gasteiger partial charge in [0.05, 0.1) is 0 Å². The van der Waals surface area contributed by atoms with E-state index in [2.05, 4.69) is 0 Å². The second-order valence-corrected chi connectivity index (χ2v) is 7.38. The number of rotatable bonds is 8. The number of benzene rings is 4. The molecule has 0 unspecified atom stereocenters. The Balaban J connectivity index is 1.24. The molecule has 0 aliphatic rings. The fraction of sp³-hybridized carbons (Fsp3) is 0. The number of hydrogen-bond acceptors (Lipinski definition) is 5. The van der Waals surface area contributed by atoms with Gasteiger partial charge in [-0.25, -0.2) is 9.59 Å². The third-order valence-electron chi connectivity index (χ3n) is 4.74. The molecule has 0 radical (unpaired) electrons. The molecule has 172 valence electrons. The quantitative estimate of drug-likeness (QED) is 0.159. The van der Waals surface area contributed by atoms with E-state index in [9.17, 15) is 9.59 Å². The Morgan fingerprint density at radius 2 is 0.800 bits per heavy atom. The van der Waals surface area contributed by atoms with Crippen LogP contribution in [0.3, 0.4) is 0 Å². The van der Waals surface area contributed by atoms with Crippen LogP contribution in [-0.4, -0.2) is 11.9 Å².